The second-order valence-electron chi connectivity index (χ2n) is 16.0. The van der Waals surface area contributed by atoms with Crippen LogP contribution < -0.4 is 4.90 Å². The number of anilines is 3. The molecule has 0 saturated heterocycles. The van der Waals surface area contributed by atoms with Gasteiger partial charge in [-0.3, -0.25) is 0 Å². The monoisotopic (exact) mass is 789 g/mol. The lowest BCUT2D eigenvalue weighted by Gasteiger charge is -2.27. The van der Waals surface area contributed by atoms with Crippen LogP contribution >= 0.6 is 0 Å². The van der Waals surface area contributed by atoms with Crippen molar-refractivity contribution in [2.24, 2.45) is 0 Å². The van der Waals surface area contributed by atoms with E-state index in [1.54, 1.807) is 0 Å². The van der Waals surface area contributed by atoms with Crippen molar-refractivity contribution in [3.05, 3.63) is 237 Å². The maximum absolute atomic E-state index is 6.92. The molecule has 1 aromatic heterocycles. The number of nitrogens with zero attached hydrogens (tertiary/aromatic N) is 1. The van der Waals surface area contributed by atoms with Crippen molar-refractivity contribution in [1.82, 2.24) is 0 Å². The summed E-state index contributed by atoms with van der Waals surface area (Å²) in [7, 11) is 0. The minimum atomic E-state index is 0.864. The summed E-state index contributed by atoms with van der Waals surface area (Å²) in [5, 5.41) is 9.45. The Kier molecular flexibility index (Phi) is 8.53. The lowest BCUT2D eigenvalue weighted by Crippen LogP contribution is -2.10. The summed E-state index contributed by atoms with van der Waals surface area (Å²) >= 11 is 0. The Hall–Kier alpha value is -8.20. The second kappa shape index (κ2) is 14.8. The number of fused-ring (bicyclic) bond motifs is 7. The van der Waals surface area contributed by atoms with Crippen molar-refractivity contribution in [3.8, 4) is 44.5 Å². The van der Waals surface area contributed by atoms with E-state index in [9.17, 15) is 0 Å². The molecule has 0 N–H and O–H groups in total. The Bertz CT molecular complexity index is 3620. The first-order chi connectivity index (χ1) is 30.7. The van der Waals surface area contributed by atoms with E-state index in [2.05, 4.69) is 241 Å². The van der Waals surface area contributed by atoms with E-state index in [4.69, 9.17) is 4.42 Å². The molecule has 0 aliphatic rings. The molecule has 0 spiro atoms. The Morgan fingerprint density at radius 1 is 0.290 bits per heavy atom. The van der Waals surface area contributed by atoms with Crippen LogP contribution in [0, 0.1) is 0 Å². The molecule has 12 aromatic rings. The Labute approximate surface area is 360 Å². The van der Waals surface area contributed by atoms with Crippen LogP contribution in [0.4, 0.5) is 17.1 Å². The number of hydrogen-bond acceptors (Lipinski definition) is 2. The highest BCUT2D eigenvalue weighted by molar-refractivity contribution is 6.19. The molecule has 12 rings (SSSR count). The van der Waals surface area contributed by atoms with Gasteiger partial charge in [0.05, 0.1) is 11.1 Å². The van der Waals surface area contributed by atoms with Crippen molar-refractivity contribution in [1.29, 1.82) is 0 Å². The van der Waals surface area contributed by atoms with E-state index in [0.29, 0.717) is 0 Å². The molecule has 11 aromatic carbocycles. The van der Waals surface area contributed by atoms with Gasteiger partial charge in [-0.2, -0.15) is 0 Å². The quantitative estimate of drug-likeness (QED) is 0.150. The van der Waals surface area contributed by atoms with Gasteiger partial charge in [0.25, 0.3) is 0 Å². The van der Waals surface area contributed by atoms with Crippen LogP contribution in [0.15, 0.2) is 241 Å². The van der Waals surface area contributed by atoms with Gasteiger partial charge in [0.1, 0.15) is 11.2 Å². The molecule has 0 unspecified atom stereocenters. The SMILES string of the molecule is c1ccc(-c2ccc(-c3ccc(N(c4ccc5ccc6ccccc6c5c4)c4ccc(-c5cccc6ccccc56)c5oc6ccccc6c45)cc3)c(-c3ccccc3)c2)cc1. The predicted molar refractivity (Wildman–Crippen MR) is 263 cm³/mol. The summed E-state index contributed by atoms with van der Waals surface area (Å²) < 4.78 is 6.92. The molecule has 0 atom stereocenters. The van der Waals surface area contributed by atoms with Gasteiger partial charge in [0.15, 0.2) is 0 Å². The van der Waals surface area contributed by atoms with Crippen LogP contribution in [0.2, 0.25) is 0 Å². The van der Waals surface area contributed by atoms with Gasteiger partial charge in [-0.1, -0.05) is 188 Å². The van der Waals surface area contributed by atoms with Gasteiger partial charge in [-0.15, -0.1) is 0 Å². The number of benzene rings is 11. The summed E-state index contributed by atoms with van der Waals surface area (Å²) in [6, 6.07) is 85.4. The van der Waals surface area contributed by atoms with E-state index in [1.165, 1.54) is 60.1 Å². The fraction of sp³-hybridized carbons (Fsp3) is 0. The Morgan fingerprint density at radius 3 is 1.65 bits per heavy atom. The topological polar surface area (TPSA) is 16.4 Å². The summed E-state index contributed by atoms with van der Waals surface area (Å²) in [5.74, 6) is 0. The summed E-state index contributed by atoms with van der Waals surface area (Å²) in [6.07, 6.45) is 0. The van der Waals surface area contributed by atoms with Crippen LogP contribution in [0.5, 0.6) is 0 Å². The maximum atomic E-state index is 6.92. The van der Waals surface area contributed by atoms with Crippen molar-refractivity contribution < 1.29 is 4.42 Å². The molecular weight excluding hydrogens is 751 g/mol. The van der Waals surface area contributed by atoms with Crippen LogP contribution in [-0.2, 0) is 0 Å². The zero-order valence-corrected chi connectivity index (χ0v) is 33.9. The zero-order valence-electron chi connectivity index (χ0n) is 33.9. The fourth-order valence-corrected chi connectivity index (χ4v) is 9.48. The van der Waals surface area contributed by atoms with E-state index in [1.807, 2.05) is 0 Å². The summed E-state index contributed by atoms with van der Waals surface area (Å²) in [4.78, 5) is 2.42. The van der Waals surface area contributed by atoms with Crippen molar-refractivity contribution in [2.75, 3.05) is 4.90 Å². The summed E-state index contributed by atoms with van der Waals surface area (Å²) in [5.41, 5.74) is 14.3. The highest BCUT2D eigenvalue weighted by Gasteiger charge is 2.23. The third-order valence-electron chi connectivity index (χ3n) is 12.5. The molecule has 2 heteroatoms. The van der Waals surface area contributed by atoms with Gasteiger partial charge >= 0.3 is 0 Å². The van der Waals surface area contributed by atoms with E-state index in [0.717, 1.165) is 55.7 Å². The van der Waals surface area contributed by atoms with Crippen molar-refractivity contribution in [2.45, 2.75) is 0 Å². The third-order valence-corrected chi connectivity index (χ3v) is 12.5. The van der Waals surface area contributed by atoms with Crippen LogP contribution in [0.1, 0.15) is 0 Å². The highest BCUT2D eigenvalue weighted by Crippen LogP contribution is 2.48. The van der Waals surface area contributed by atoms with Crippen LogP contribution in [-0.4, -0.2) is 0 Å². The average Bonchev–Trinajstić information content (AvgIpc) is 3.75. The Morgan fingerprint density at radius 2 is 0.855 bits per heavy atom. The molecule has 0 radical (unpaired) electrons. The van der Waals surface area contributed by atoms with Crippen LogP contribution in [0.25, 0.3) is 98.8 Å². The van der Waals surface area contributed by atoms with Gasteiger partial charge in [-0.25, -0.2) is 0 Å². The number of furan rings is 1. The molecule has 0 bridgehead atoms. The molecule has 0 amide bonds. The van der Waals surface area contributed by atoms with Gasteiger partial charge in [0.2, 0.25) is 0 Å². The number of para-hydroxylation sites is 1. The predicted octanol–water partition coefficient (Wildman–Crippen LogP) is 17.2. The molecule has 290 valence electrons. The van der Waals surface area contributed by atoms with Crippen molar-refractivity contribution in [3.63, 3.8) is 0 Å². The number of rotatable bonds is 7. The second-order valence-corrected chi connectivity index (χ2v) is 16.0. The standard InChI is InChI=1S/C60H39NO/c1-3-14-40(15-4-1)46-31-35-51(55(38-46)42-16-5-2-6-17-42)44-28-32-47(33-29-44)61(48-34-30-45-27-26-43-19-8-10-22-50(43)56(45)39-48)57-37-36-53(52-24-13-20-41-18-7-9-21-49(41)52)60-59(57)54-23-11-12-25-58(54)62-60/h1-39H. The van der Waals surface area contributed by atoms with Gasteiger partial charge in [-0.05, 0) is 120 Å². The molecule has 0 aliphatic heterocycles. The lowest BCUT2D eigenvalue weighted by atomic mass is 9.91. The largest absolute Gasteiger partial charge is 0.455 e. The van der Waals surface area contributed by atoms with E-state index in [-0.39, 0.29) is 0 Å². The molecular formula is C60H39NO. The van der Waals surface area contributed by atoms with E-state index >= 15 is 0 Å². The first-order valence-corrected chi connectivity index (χ1v) is 21.2. The van der Waals surface area contributed by atoms with Gasteiger partial charge < -0.3 is 9.32 Å². The summed E-state index contributed by atoms with van der Waals surface area (Å²) in [6.45, 7) is 0. The minimum absolute atomic E-state index is 0.864. The van der Waals surface area contributed by atoms with Crippen molar-refractivity contribution >= 4 is 71.3 Å². The fourth-order valence-electron chi connectivity index (χ4n) is 9.48. The molecule has 0 aliphatic carbocycles. The molecule has 1 heterocycles. The highest BCUT2D eigenvalue weighted by atomic mass is 16.3. The Balaban J connectivity index is 1.08. The third kappa shape index (κ3) is 6.04. The minimum Gasteiger partial charge on any atom is -0.455 e. The first kappa shape index (κ1) is 35.7. The number of hydrogen-bond donors (Lipinski definition) is 0. The molecule has 0 fully saturated rings. The van der Waals surface area contributed by atoms with Gasteiger partial charge in [0, 0.05) is 22.3 Å². The van der Waals surface area contributed by atoms with Crippen LogP contribution in [0.3, 0.4) is 0 Å². The van der Waals surface area contributed by atoms with E-state index < -0.39 is 0 Å². The molecule has 62 heavy (non-hydrogen) atoms. The molecule has 0 saturated carbocycles. The first-order valence-electron chi connectivity index (χ1n) is 21.2. The molecule has 2 nitrogen and oxygen atoms in total. The normalized spacial score (nSPS) is 11.5. The maximum Gasteiger partial charge on any atom is 0.145 e. The average molecular weight is 790 g/mol. The lowest BCUT2D eigenvalue weighted by molar-refractivity contribution is 0.670. The zero-order chi connectivity index (χ0) is 41.0. The smallest absolute Gasteiger partial charge is 0.145 e.